The summed E-state index contributed by atoms with van der Waals surface area (Å²) in [4.78, 5) is 15.1. The Morgan fingerprint density at radius 2 is 2.29 bits per heavy atom. The number of anilines is 1. The molecule has 0 aliphatic heterocycles. The van der Waals surface area contributed by atoms with Crippen molar-refractivity contribution in [3.05, 3.63) is 18.2 Å². The summed E-state index contributed by atoms with van der Waals surface area (Å²) >= 11 is 5.53. The van der Waals surface area contributed by atoms with Crippen LogP contribution in [0.3, 0.4) is 0 Å². The summed E-state index contributed by atoms with van der Waals surface area (Å²) in [5.74, 6) is 0.838. The van der Waals surface area contributed by atoms with Crippen molar-refractivity contribution >= 4 is 34.7 Å². The number of amidine groups is 1. The highest BCUT2D eigenvalue weighted by molar-refractivity contribution is 6.28. The van der Waals surface area contributed by atoms with E-state index < -0.39 is 0 Å². The van der Waals surface area contributed by atoms with Crippen molar-refractivity contribution in [3.8, 4) is 5.75 Å². The summed E-state index contributed by atoms with van der Waals surface area (Å²) in [6, 6.07) is 5.09. The van der Waals surface area contributed by atoms with Crippen molar-refractivity contribution in [2.24, 2.45) is 10.7 Å². The lowest BCUT2D eigenvalue weighted by molar-refractivity contribution is -0.114. The molecule has 92 valence electrons. The van der Waals surface area contributed by atoms with E-state index in [1.54, 1.807) is 18.2 Å². The summed E-state index contributed by atoms with van der Waals surface area (Å²) in [5.41, 5.74) is 6.68. The average molecular weight is 256 g/mol. The van der Waals surface area contributed by atoms with Gasteiger partial charge in [-0.15, -0.1) is 11.6 Å². The highest BCUT2D eigenvalue weighted by Crippen LogP contribution is 2.29. The second-order valence-corrected chi connectivity index (χ2v) is 3.57. The number of amides is 1. The molecule has 0 aliphatic rings. The molecule has 0 heterocycles. The second-order valence-electron chi connectivity index (χ2n) is 3.30. The number of carbonyl (C=O) groups is 1. The van der Waals surface area contributed by atoms with Gasteiger partial charge in [-0.05, 0) is 18.2 Å². The van der Waals surface area contributed by atoms with Crippen LogP contribution in [0.25, 0.3) is 0 Å². The Hall–Kier alpha value is -1.75. The lowest BCUT2D eigenvalue weighted by atomic mass is 10.2. The molecule has 0 radical (unpaired) electrons. The van der Waals surface area contributed by atoms with Crippen molar-refractivity contribution < 1.29 is 9.53 Å². The molecule has 0 aliphatic carbocycles. The number of rotatable bonds is 4. The number of ether oxygens (including phenoxy) is 1. The minimum Gasteiger partial charge on any atom is -0.495 e. The topological polar surface area (TPSA) is 76.7 Å². The first-order valence-electron chi connectivity index (χ1n) is 4.91. The van der Waals surface area contributed by atoms with Gasteiger partial charge in [0.1, 0.15) is 11.6 Å². The van der Waals surface area contributed by atoms with Gasteiger partial charge in [0, 0.05) is 6.92 Å². The third kappa shape index (κ3) is 3.96. The highest BCUT2D eigenvalue weighted by atomic mass is 35.5. The van der Waals surface area contributed by atoms with Crippen LogP contribution in [-0.2, 0) is 4.79 Å². The van der Waals surface area contributed by atoms with Crippen molar-refractivity contribution in [3.63, 3.8) is 0 Å². The highest BCUT2D eigenvalue weighted by Gasteiger charge is 2.05. The molecule has 1 aromatic carbocycles. The first-order valence-corrected chi connectivity index (χ1v) is 5.45. The molecular weight excluding hydrogens is 242 g/mol. The number of halogens is 1. The number of nitrogens with two attached hydrogens (primary N) is 1. The molecule has 6 heteroatoms. The van der Waals surface area contributed by atoms with Crippen LogP contribution in [-0.4, -0.2) is 24.7 Å². The summed E-state index contributed by atoms with van der Waals surface area (Å²) < 4.78 is 5.11. The van der Waals surface area contributed by atoms with E-state index in [9.17, 15) is 4.79 Å². The maximum absolute atomic E-state index is 11.0. The van der Waals surface area contributed by atoms with Crippen molar-refractivity contribution in [2.75, 3.05) is 18.3 Å². The summed E-state index contributed by atoms with van der Waals surface area (Å²) in [7, 11) is 1.52. The Morgan fingerprint density at radius 1 is 1.59 bits per heavy atom. The number of alkyl halides is 1. The number of hydrogen-bond acceptors (Lipinski definition) is 3. The molecule has 1 amide bonds. The van der Waals surface area contributed by atoms with Crippen LogP contribution in [0.2, 0.25) is 0 Å². The maximum Gasteiger partial charge on any atom is 0.221 e. The fraction of sp³-hybridized carbons (Fsp3) is 0.273. The van der Waals surface area contributed by atoms with Crippen LogP contribution in [0.5, 0.6) is 5.75 Å². The lowest BCUT2D eigenvalue weighted by Crippen LogP contribution is -2.12. The number of hydrogen-bond donors (Lipinski definition) is 2. The molecule has 0 unspecified atom stereocenters. The van der Waals surface area contributed by atoms with E-state index in [1.165, 1.54) is 14.0 Å². The van der Waals surface area contributed by atoms with Gasteiger partial charge in [-0.3, -0.25) is 4.79 Å². The largest absolute Gasteiger partial charge is 0.495 e. The summed E-state index contributed by atoms with van der Waals surface area (Å²) in [6.07, 6.45) is 0. The van der Waals surface area contributed by atoms with Gasteiger partial charge in [-0.1, -0.05) is 0 Å². The minimum absolute atomic E-state index is 0.154. The number of aliphatic imine (C=N–C) groups is 1. The van der Waals surface area contributed by atoms with Gasteiger partial charge < -0.3 is 15.8 Å². The zero-order valence-corrected chi connectivity index (χ0v) is 10.4. The molecule has 1 aromatic rings. The Balaban J connectivity index is 3.08. The summed E-state index contributed by atoms with van der Waals surface area (Å²) in [5, 5.41) is 2.65. The Kier molecular flexibility index (Phi) is 4.78. The van der Waals surface area contributed by atoms with Crippen molar-refractivity contribution in [1.82, 2.24) is 0 Å². The predicted octanol–water partition coefficient (Wildman–Crippen LogP) is 1.88. The van der Waals surface area contributed by atoms with Gasteiger partial charge in [-0.2, -0.15) is 0 Å². The molecule has 0 aromatic heterocycles. The molecule has 0 saturated heterocycles. The first-order chi connectivity index (χ1) is 8.06. The summed E-state index contributed by atoms with van der Waals surface area (Å²) in [6.45, 7) is 1.42. The number of methoxy groups -OCH3 is 1. The van der Waals surface area contributed by atoms with Gasteiger partial charge >= 0.3 is 0 Å². The molecule has 5 nitrogen and oxygen atoms in total. The molecule has 17 heavy (non-hydrogen) atoms. The molecule has 0 atom stereocenters. The fourth-order valence-corrected chi connectivity index (χ4v) is 1.31. The Labute approximate surface area is 105 Å². The van der Waals surface area contributed by atoms with E-state index in [2.05, 4.69) is 10.3 Å². The quantitative estimate of drug-likeness (QED) is 0.490. The van der Waals surface area contributed by atoms with Crippen LogP contribution in [0.1, 0.15) is 6.92 Å². The second kappa shape index (κ2) is 6.10. The Morgan fingerprint density at radius 3 is 2.82 bits per heavy atom. The monoisotopic (exact) mass is 255 g/mol. The minimum atomic E-state index is -0.185. The molecule has 0 bridgehead atoms. The lowest BCUT2D eigenvalue weighted by Gasteiger charge is -2.09. The van der Waals surface area contributed by atoms with Crippen LogP contribution in [0.4, 0.5) is 11.4 Å². The standard InChI is InChI=1S/C11H14ClN3O2/c1-7(16)14-9-5-8(15-11(13)6-12)3-4-10(9)17-2/h3-5H,6H2,1-2H3,(H2,13,15)(H,14,16). The molecule has 3 N–H and O–H groups in total. The third-order valence-corrected chi connectivity index (χ3v) is 2.18. The predicted molar refractivity (Wildman–Crippen MR) is 69.3 cm³/mol. The maximum atomic E-state index is 11.0. The van der Waals surface area contributed by atoms with Gasteiger partial charge in [-0.25, -0.2) is 4.99 Å². The SMILES string of the molecule is COc1ccc(N=C(N)CCl)cc1NC(C)=O. The van der Waals surface area contributed by atoms with E-state index in [1.807, 2.05) is 0 Å². The number of benzene rings is 1. The van der Waals surface area contributed by atoms with Crippen LogP contribution < -0.4 is 15.8 Å². The molecular formula is C11H14ClN3O2. The van der Waals surface area contributed by atoms with Crippen LogP contribution >= 0.6 is 11.6 Å². The van der Waals surface area contributed by atoms with Crippen LogP contribution in [0.15, 0.2) is 23.2 Å². The number of nitrogens with one attached hydrogen (secondary N) is 1. The van der Waals surface area contributed by atoms with Gasteiger partial charge in [0.05, 0.1) is 24.4 Å². The molecule has 0 saturated carbocycles. The molecule has 0 fully saturated rings. The zero-order chi connectivity index (χ0) is 12.8. The molecule has 0 spiro atoms. The first kappa shape index (κ1) is 13.3. The van der Waals surface area contributed by atoms with Crippen LogP contribution in [0, 0.1) is 0 Å². The number of carbonyl (C=O) groups excluding carboxylic acids is 1. The van der Waals surface area contributed by atoms with Crippen molar-refractivity contribution in [1.29, 1.82) is 0 Å². The average Bonchev–Trinajstić information content (AvgIpc) is 2.28. The molecule has 1 rings (SSSR count). The number of nitrogens with zero attached hydrogens (tertiary/aromatic N) is 1. The third-order valence-electron chi connectivity index (χ3n) is 1.90. The van der Waals surface area contributed by atoms with E-state index in [-0.39, 0.29) is 11.8 Å². The van der Waals surface area contributed by atoms with Crippen molar-refractivity contribution in [2.45, 2.75) is 6.92 Å². The van der Waals surface area contributed by atoms with E-state index >= 15 is 0 Å². The van der Waals surface area contributed by atoms with Gasteiger partial charge in [0.25, 0.3) is 0 Å². The van der Waals surface area contributed by atoms with Gasteiger partial charge in [0.15, 0.2) is 0 Å². The fourth-order valence-electron chi connectivity index (χ4n) is 1.25. The van der Waals surface area contributed by atoms with E-state index in [4.69, 9.17) is 22.1 Å². The van der Waals surface area contributed by atoms with E-state index in [0.717, 1.165) is 0 Å². The Bertz CT molecular complexity index is 446. The van der Waals surface area contributed by atoms with E-state index in [0.29, 0.717) is 23.0 Å². The van der Waals surface area contributed by atoms with Gasteiger partial charge in [0.2, 0.25) is 5.91 Å². The zero-order valence-electron chi connectivity index (χ0n) is 9.66. The normalized spacial score (nSPS) is 11.1. The smallest absolute Gasteiger partial charge is 0.221 e.